The van der Waals surface area contributed by atoms with Crippen molar-refractivity contribution in [3.8, 4) is 0 Å². The summed E-state index contributed by atoms with van der Waals surface area (Å²) in [6, 6.07) is 1.76. The number of piperazine rings is 1. The van der Waals surface area contributed by atoms with Gasteiger partial charge in [-0.15, -0.1) is 0 Å². The minimum absolute atomic E-state index is 0.0286. The van der Waals surface area contributed by atoms with Crippen LogP contribution in [0.1, 0.15) is 41.3 Å². The maximum Gasteiger partial charge on any atom is 0.255 e. The lowest BCUT2D eigenvalue weighted by atomic mass is 10.1. The van der Waals surface area contributed by atoms with Gasteiger partial charge in [0.2, 0.25) is 5.89 Å². The monoisotopic (exact) mass is 404 g/mol. The number of amides is 1. The zero-order valence-electron chi connectivity index (χ0n) is 16.1. The first kappa shape index (κ1) is 19.1. The molecule has 4 rings (SSSR count). The Hall–Kier alpha value is -2.19. The van der Waals surface area contributed by atoms with Gasteiger partial charge in [0.05, 0.1) is 17.1 Å². The van der Waals surface area contributed by atoms with Crippen LogP contribution in [0.15, 0.2) is 16.8 Å². The van der Waals surface area contributed by atoms with E-state index in [2.05, 4.69) is 24.9 Å². The number of hydrogen-bond acceptors (Lipinski definition) is 7. The highest BCUT2D eigenvalue weighted by Gasteiger charge is 2.23. The number of rotatable bonds is 4. The molecule has 2 aliphatic rings. The van der Waals surface area contributed by atoms with E-state index >= 15 is 0 Å². The minimum Gasteiger partial charge on any atom is -0.353 e. The molecule has 0 unspecified atom stereocenters. The number of carbonyl (C=O) groups is 1. The molecule has 28 heavy (non-hydrogen) atoms. The third-order valence-corrected chi connectivity index (χ3v) is 5.60. The van der Waals surface area contributed by atoms with Gasteiger partial charge in [-0.25, -0.2) is 4.98 Å². The third-order valence-electron chi connectivity index (χ3n) is 5.32. The predicted octanol–water partition coefficient (Wildman–Crippen LogP) is 2.37. The number of nitrogens with zero attached hydrogens (tertiary/aromatic N) is 6. The van der Waals surface area contributed by atoms with E-state index in [-0.39, 0.29) is 5.91 Å². The molecule has 8 nitrogen and oxygen atoms in total. The van der Waals surface area contributed by atoms with Gasteiger partial charge in [-0.05, 0) is 25.3 Å². The molecule has 0 N–H and O–H groups in total. The molecule has 150 valence electrons. The average molecular weight is 405 g/mol. The summed E-state index contributed by atoms with van der Waals surface area (Å²) in [4.78, 5) is 27.8. The van der Waals surface area contributed by atoms with Gasteiger partial charge in [-0.1, -0.05) is 16.8 Å². The fourth-order valence-electron chi connectivity index (χ4n) is 3.78. The largest absolute Gasteiger partial charge is 0.353 e. The van der Waals surface area contributed by atoms with Crippen LogP contribution in [0, 0.1) is 6.92 Å². The summed E-state index contributed by atoms with van der Waals surface area (Å²) in [5.41, 5.74) is 0.571. The number of aryl methyl sites for hydroxylation is 1. The molecule has 2 fully saturated rings. The Bertz CT molecular complexity index is 828. The fraction of sp³-hybridized carbons (Fsp3) is 0.579. The minimum atomic E-state index is 0.0286. The molecular formula is C19H25ClN6O2. The lowest BCUT2D eigenvalue weighted by Gasteiger charge is -2.35. The zero-order valence-corrected chi connectivity index (χ0v) is 16.9. The van der Waals surface area contributed by atoms with Crippen molar-refractivity contribution < 1.29 is 9.32 Å². The molecule has 4 heterocycles. The normalized spacial score (nSPS) is 18.5. The van der Waals surface area contributed by atoms with Crippen LogP contribution in [0.4, 0.5) is 5.82 Å². The number of pyridine rings is 1. The lowest BCUT2D eigenvalue weighted by molar-refractivity contribution is 0.0724. The van der Waals surface area contributed by atoms with E-state index in [1.807, 2.05) is 4.90 Å². The molecule has 0 radical (unpaired) electrons. The maximum absolute atomic E-state index is 12.6. The Kier molecular flexibility index (Phi) is 5.77. The summed E-state index contributed by atoms with van der Waals surface area (Å²) in [5.74, 6) is 2.07. The standard InChI is InChI=1S/C19H25ClN6O2/c1-14-22-17(23-28-14)13-24-7-9-25(10-8-24)18-16(20)11-15(12-21-18)19(27)26-5-3-2-4-6-26/h11-12H,2-10,13H2,1H3. The molecule has 2 saturated heterocycles. The molecule has 0 atom stereocenters. The number of halogens is 1. The molecule has 1 amide bonds. The maximum atomic E-state index is 12.6. The molecule has 2 aromatic rings. The van der Waals surface area contributed by atoms with Crippen molar-refractivity contribution in [2.75, 3.05) is 44.2 Å². The van der Waals surface area contributed by atoms with E-state index in [0.717, 1.165) is 57.9 Å². The van der Waals surface area contributed by atoms with Crippen molar-refractivity contribution in [2.45, 2.75) is 32.7 Å². The van der Waals surface area contributed by atoms with Crippen molar-refractivity contribution in [2.24, 2.45) is 0 Å². The summed E-state index contributed by atoms with van der Waals surface area (Å²) in [6.45, 7) is 7.45. The number of hydrogen-bond donors (Lipinski definition) is 0. The van der Waals surface area contributed by atoms with Crippen LogP contribution in [-0.4, -0.2) is 70.1 Å². The zero-order chi connectivity index (χ0) is 19.5. The van der Waals surface area contributed by atoms with Gasteiger partial charge in [0, 0.05) is 52.4 Å². The first-order valence-corrected chi connectivity index (χ1v) is 10.2. The summed E-state index contributed by atoms with van der Waals surface area (Å²) in [6.07, 6.45) is 4.99. The molecule has 9 heteroatoms. The highest BCUT2D eigenvalue weighted by atomic mass is 35.5. The van der Waals surface area contributed by atoms with Gasteiger partial charge in [0.1, 0.15) is 5.82 Å². The van der Waals surface area contributed by atoms with Crippen molar-refractivity contribution in [1.82, 2.24) is 24.9 Å². The SMILES string of the molecule is Cc1nc(CN2CCN(c3ncc(C(=O)N4CCCCC4)cc3Cl)CC2)no1. The third kappa shape index (κ3) is 4.28. The predicted molar refractivity (Wildman–Crippen MR) is 106 cm³/mol. The number of anilines is 1. The average Bonchev–Trinajstić information content (AvgIpc) is 3.13. The highest BCUT2D eigenvalue weighted by Crippen LogP contribution is 2.26. The summed E-state index contributed by atoms with van der Waals surface area (Å²) >= 11 is 6.49. The van der Waals surface area contributed by atoms with E-state index < -0.39 is 0 Å². The fourth-order valence-corrected chi connectivity index (χ4v) is 4.07. The molecule has 0 spiro atoms. The van der Waals surface area contributed by atoms with Crippen LogP contribution in [0.2, 0.25) is 5.02 Å². The van der Waals surface area contributed by atoms with Gasteiger partial charge in [0.25, 0.3) is 5.91 Å². The Morgan fingerprint density at radius 1 is 1.14 bits per heavy atom. The first-order chi connectivity index (χ1) is 13.6. The van der Waals surface area contributed by atoms with Crippen molar-refractivity contribution in [1.29, 1.82) is 0 Å². The molecule has 0 aromatic carbocycles. The Morgan fingerprint density at radius 3 is 2.54 bits per heavy atom. The second-order valence-electron chi connectivity index (χ2n) is 7.38. The number of piperidine rings is 1. The Labute approximate surface area is 169 Å². The van der Waals surface area contributed by atoms with Gasteiger partial charge in [-0.2, -0.15) is 4.98 Å². The Balaban J connectivity index is 1.36. The van der Waals surface area contributed by atoms with E-state index in [1.54, 1.807) is 19.2 Å². The smallest absolute Gasteiger partial charge is 0.255 e. The van der Waals surface area contributed by atoms with Gasteiger partial charge in [0.15, 0.2) is 5.82 Å². The summed E-state index contributed by atoms with van der Waals surface area (Å²) in [5, 5.41) is 4.49. The van der Waals surface area contributed by atoms with Crippen LogP contribution >= 0.6 is 11.6 Å². The number of aromatic nitrogens is 3. The molecule has 2 aliphatic heterocycles. The number of carbonyl (C=O) groups excluding carboxylic acids is 1. The van der Waals surface area contributed by atoms with Crippen LogP contribution in [-0.2, 0) is 6.54 Å². The number of likely N-dealkylation sites (tertiary alicyclic amines) is 1. The van der Waals surface area contributed by atoms with Gasteiger partial charge >= 0.3 is 0 Å². The summed E-state index contributed by atoms with van der Waals surface area (Å²) < 4.78 is 5.03. The second-order valence-corrected chi connectivity index (χ2v) is 7.78. The van der Waals surface area contributed by atoms with Crippen molar-refractivity contribution in [3.63, 3.8) is 0 Å². The van der Waals surface area contributed by atoms with E-state index in [0.29, 0.717) is 28.8 Å². The van der Waals surface area contributed by atoms with Crippen LogP contribution in [0.5, 0.6) is 0 Å². The van der Waals surface area contributed by atoms with Crippen LogP contribution in [0.25, 0.3) is 0 Å². The van der Waals surface area contributed by atoms with E-state index in [4.69, 9.17) is 16.1 Å². The van der Waals surface area contributed by atoms with E-state index in [9.17, 15) is 4.79 Å². The summed E-state index contributed by atoms with van der Waals surface area (Å²) in [7, 11) is 0. The van der Waals surface area contributed by atoms with Crippen molar-refractivity contribution in [3.05, 3.63) is 34.6 Å². The quantitative estimate of drug-likeness (QED) is 0.773. The lowest BCUT2D eigenvalue weighted by Crippen LogP contribution is -2.46. The molecule has 0 aliphatic carbocycles. The van der Waals surface area contributed by atoms with Crippen molar-refractivity contribution >= 4 is 23.3 Å². The topological polar surface area (TPSA) is 78.6 Å². The highest BCUT2D eigenvalue weighted by molar-refractivity contribution is 6.33. The molecular weight excluding hydrogens is 380 g/mol. The molecule has 0 bridgehead atoms. The van der Waals surface area contributed by atoms with Crippen LogP contribution in [0.3, 0.4) is 0 Å². The molecule has 2 aromatic heterocycles. The molecule has 0 saturated carbocycles. The van der Waals surface area contributed by atoms with E-state index in [1.165, 1.54) is 6.42 Å². The van der Waals surface area contributed by atoms with Gasteiger partial charge in [-0.3, -0.25) is 9.69 Å². The second kappa shape index (κ2) is 8.45. The van der Waals surface area contributed by atoms with Gasteiger partial charge < -0.3 is 14.3 Å². The Morgan fingerprint density at radius 2 is 1.89 bits per heavy atom. The first-order valence-electron chi connectivity index (χ1n) is 9.81. The van der Waals surface area contributed by atoms with Crippen LogP contribution < -0.4 is 4.90 Å².